The van der Waals surface area contributed by atoms with Crippen LogP contribution in [0.4, 0.5) is 10.1 Å². The lowest BCUT2D eigenvalue weighted by atomic mass is 10.1. The fourth-order valence-corrected chi connectivity index (χ4v) is 2.63. The molecule has 0 spiro atoms. The summed E-state index contributed by atoms with van der Waals surface area (Å²) in [7, 11) is 0. The maximum Gasteiger partial charge on any atom is 0.123 e. The van der Waals surface area contributed by atoms with Crippen molar-refractivity contribution < 1.29 is 9.13 Å². The van der Waals surface area contributed by atoms with Gasteiger partial charge in [0.1, 0.15) is 5.82 Å². The van der Waals surface area contributed by atoms with Crippen LogP contribution in [-0.2, 0) is 10.6 Å². The number of ether oxygens (including phenoxy) is 1. The Balaban J connectivity index is 2.32. The van der Waals surface area contributed by atoms with Crippen LogP contribution in [0.2, 0.25) is 0 Å². The standard InChI is InChI=1S/C14H19ClFNO/c1-3-13-9-18-10(2)8-17(13)14-5-4-12(16)6-11(14)7-15/h4-6,10,13H,3,7-9H2,1-2H3. The summed E-state index contributed by atoms with van der Waals surface area (Å²) in [4.78, 5) is 2.30. The van der Waals surface area contributed by atoms with Crippen LogP contribution >= 0.6 is 11.6 Å². The minimum Gasteiger partial charge on any atom is -0.375 e. The van der Waals surface area contributed by atoms with Gasteiger partial charge in [0.2, 0.25) is 0 Å². The van der Waals surface area contributed by atoms with Crippen molar-refractivity contribution in [1.29, 1.82) is 0 Å². The highest BCUT2D eigenvalue weighted by Gasteiger charge is 2.27. The summed E-state index contributed by atoms with van der Waals surface area (Å²) >= 11 is 5.93. The van der Waals surface area contributed by atoms with Crippen LogP contribution in [0.3, 0.4) is 0 Å². The maximum atomic E-state index is 13.3. The topological polar surface area (TPSA) is 12.5 Å². The lowest BCUT2D eigenvalue weighted by Crippen LogP contribution is -2.49. The van der Waals surface area contributed by atoms with Gasteiger partial charge in [0, 0.05) is 18.1 Å². The minimum atomic E-state index is -0.233. The molecule has 0 aromatic heterocycles. The second kappa shape index (κ2) is 5.89. The minimum absolute atomic E-state index is 0.195. The van der Waals surface area contributed by atoms with Crippen molar-refractivity contribution in [3.05, 3.63) is 29.6 Å². The van der Waals surface area contributed by atoms with Crippen LogP contribution < -0.4 is 4.90 Å². The molecule has 0 aliphatic carbocycles. The van der Waals surface area contributed by atoms with E-state index in [4.69, 9.17) is 16.3 Å². The van der Waals surface area contributed by atoms with Crippen molar-refractivity contribution in [1.82, 2.24) is 0 Å². The molecule has 0 radical (unpaired) electrons. The molecule has 1 fully saturated rings. The van der Waals surface area contributed by atoms with E-state index < -0.39 is 0 Å². The summed E-state index contributed by atoms with van der Waals surface area (Å²) in [6, 6.07) is 5.19. The molecule has 2 atom stereocenters. The first-order valence-corrected chi connectivity index (χ1v) is 6.91. The highest BCUT2D eigenvalue weighted by atomic mass is 35.5. The highest BCUT2D eigenvalue weighted by molar-refractivity contribution is 6.17. The smallest absolute Gasteiger partial charge is 0.123 e. The predicted octanol–water partition coefficient (Wildman–Crippen LogP) is 3.57. The Hall–Kier alpha value is -0.800. The fourth-order valence-electron chi connectivity index (χ4n) is 2.42. The molecule has 4 heteroatoms. The monoisotopic (exact) mass is 271 g/mol. The van der Waals surface area contributed by atoms with Gasteiger partial charge in [0.15, 0.2) is 0 Å². The number of halogens is 2. The summed E-state index contributed by atoms with van der Waals surface area (Å²) in [6.45, 7) is 5.74. The van der Waals surface area contributed by atoms with E-state index >= 15 is 0 Å². The molecule has 1 aromatic rings. The first-order chi connectivity index (χ1) is 8.65. The van der Waals surface area contributed by atoms with Crippen molar-refractivity contribution in [2.75, 3.05) is 18.1 Å². The first kappa shape index (κ1) is 13.6. The molecule has 1 aromatic carbocycles. The van der Waals surface area contributed by atoms with Crippen molar-refractivity contribution in [3.8, 4) is 0 Å². The Morgan fingerprint density at radius 2 is 2.28 bits per heavy atom. The van der Waals surface area contributed by atoms with Gasteiger partial charge in [-0.1, -0.05) is 6.92 Å². The van der Waals surface area contributed by atoms with Gasteiger partial charge in [0.25, 0.3) is 0 Å². The average Bonchev–Trinajstić information content (AvgIpc) is 2.38. The molecule has 0 saturated carbocycles. The van der Waals surface area contributed by atoms with Crippen LogP contribution in [0.5, 0.6) is 0 Å². The van der Waals surface area contributed by atoms with Gasteiger partial charge >= 0.3 is 0 Å². The number of alkyl halides is 1. The third-order valence-electron chi connectivity index (χ3n) is 3.43. The molecule has 0 bridgehead atoms. The maximum absolute atomic E-state index is 13.3. The van der Waals surface area contributed by atoms with Gasteiger partial charge in [0.05, 0.1) is 18.8 Å². The molecule has 0 amide bonds. The van der Waals surface area contributed by atoms with E-state index in [9.17, 15) is 4.39 Å². The Labute approximate surface area is 113 Å². The Bertz CT molecular complexity index is 413. The second-order valence-electron chi connectivity index (χ2n) is 4.77. The molecule has 1 heterocycles. The summed E-state index contributed by atoms with van der Waals surface area (Å²) in [5.74, 6) is 0.0960. The molecular formula is C14H19ClFNO. The average molecular weight is 272 g/mol. The number of rotatable bonds is 3. The molecule has 18 heavy (non-hydrogen) atoms. The number of hydrogen-bond donors (Lipinski definition) is 0. The third-order valence-corrected chi connectivity index (χ3v) is 3.72. The van der Waals surface area contributed by atoms with Crippen LogP contribution in [0, 0.1) is 5.82 Å². The van der Waals surface area contributed by atoms with E-state index in [1.807, 2.05) is 6.07 Å². The number of hydrogen-bond acceptors (Lipinski definition) is 2. The molecule has 2 rings (SSSR count). The van der Waals surface area contributed by atoms with Crippen LogP contribution in [0.1, 0.15) is 25.8 Å². The highest BCUT2D eigenvalue weighted by Crippen LogP contribution is 2.28. The summed E-state index contributed by atoms with van der Waals surface area (Å²) in [6.07, 6.45) is 1.20. The molecule has 1 aliphatic heterocycles. The molecule has 2 nitrogen and oxygen atoms in total. The zero-order valence-corrected chi connectivity index (χ0v) is 11.6. The largest absolute Gasteiger partial charge is 0.375 e. The van der Waals surface area contributed by atoms with Gasteiger partial charge in [-0.2, -0.15) is 0 Å². The Morgan fingerprint density at radius 1 is 1.50 bits per heavy atom. The van der Waals surface area contributed by atoms with Gasteiger partial charge in [-0.3, -0.25) is 0 Å². The Morgan fingerprint density at radius 3 is 2.94 bits per heavy atom. The third kappa shape index (κ3) is 2.78. The quantitative estimate of drug-likeness (QED) is 0.780. The van der Waals surface area contributed by atoms with Gasteiger partial charge in [-0.25, -0.2) is 4.39 Å². The van der Waals surface area contributed by atoms with Crippen LogP contribution in [0.25, 0.3) is 0 Å². The molecule has 100 valence electrons. The van der Waals surface area contributed by atoms with Gasteiger partial charge in [-0.15, -0.1) is 11.6 Å². The van der Waals surface area contributed by atoms with E-state index in [1.54, 1.807) is 0 Å². The van der Waals surface area contributed by atoms with Gasteiger partial charge in [-0.05, 0) is 37.1 Å². The zero-order chi connectivity index (χ0) is 13.1. The van der Waals surface area contributed by atoms with Crippen molar-refractivity contribution in [3.63, 3.8) is 0 Å². The van der Waals surface area contributed by atoms with E-state index in [2.05, 4.69) is 18.7 Å². The van der Waals surface area contributed by atoms with E-state index in [-0.39, 0.29) is 11.9 Å². The summed E-state index contributed by atoms with van der Waals surface area (Å²) in [5, 5.41) is 0. The van der Waals surface area contributed by atoms with Crippen molar-refractivity contribution in [2.24, 2.45) is 0 Å². The zero-order valence-electron chi connectivity index (χ0n) is 10.8. The number of nitrogens with zero attached hydrogens (tertiary/aromatic N) is 1. The molecule has 1 saturated heterocycles. The molecule has 1 aliphatic rings. The molecule has 0 N–H and O–H groups in total. The van der Waals surface area contributed by atoms with Gasteiger partial charge < -0.3 is 9.64 Å². The fraction of sp³-hybridized carbons (Fsp3) is 0.571. The second-order valence-corrected chi connectivity index (χ2v) is 5.03. The predicted molar refractivity (Wildman–Crippen MR) is 72.8 cm³/mol. The van der Waals surface area contributed by atoms with Crippen molar-refractivity contribution in [2.45, 2.75) is 38.3 Å². The lowest BCUT2D eigenvalue weighted by molar-refractivity contribution is 0.0299. The summed E-state index contributed by atoms with van der Waals surface area (Å²) < 4.78 is 18.9. The van der Waals surface area contributed by atoms with Crippen molar-refractivity contribution >= 4 is 17.3 Å². The lowest BCUT2D eigenvalue weighted by Gasteiger charge is -2.40. The van der Waals surface area contributed by atoms with Crippen LogP contribution in [0.15, 0.2) is 18.2 Å². The Kier molecular flexibility index (Phi) is 4.46. The number of anilines is 1. The number of benzene rings is 1. The van der Waals surface area contributed by atoms with E-state index in [0.717, 1.165) is 30.8 Å². The first-order valence-electron chi connectivity index (χ1n) is 6.38. The van der Waals surface area contributed by atoms with E-state index in [0.29, 0.717) is 11.9 Å². The summed E-state index contributed by atoms with van der Waals surface area (Å²) in [5.41, 5.74) is 1.89. The SMILES string of the molecule is CCC1COC(C)CN1c1ccc(F)cc1CCl. The molecular weight excluding hydrogens is 253 g/mol. The van der Waals surface area contributed by atoms with E-state index in [1.165, 1.54) is 12.1 Å². The normalized spacial score (nSPS) is 24.3. The molecule has 2 unspecified atom stereocenters. The number of morpholine rings is 1. The van der Waals surface area contributed by atoms with Crippen LogP contribution in [-0.4, -0.2) is 25.3 Å².